The molecule has 0 aliphatic carbocycles. The van der Waals surface area contributed by atoms with Crippen LogP contribution in [0.2, 0.25) is 0 Å². The van der Waals surface area contributed by atoms with Gasteiger partial charge in [0, 0.05) is 23.0 Å². The molecule has 2 heterocycles. The zero-order valence-electron chi connectivity index (χ0n) is 12.5. The van der Waals surface area contributed by atoms with E-state index in [-0.39, 0.29) is 17.5 Å². The van der Waals surface area contributed by atoms with Gasteiger partial charge in [-0.3, -0.25) is 0 Å². The van der Waals surface area contributed by atoms with Crippen LogP contribution in [0.5, 0.6) is 0 Å². The minimum absolute atomic E-state index is 0.148. The molecular weight excluding hydrogens is 316 g/mol. The summed E-state index contributed by atoms with van der Waals surface area (Å²) in [6.07, 6.45) is 2.68. The number of allylic oxidation sites excluding steroid dienone is 1. The molecule has 1 aromatic rings. The van der Waals surface area contributed by atoms with Crippen molar-refractivity contribution < 1.29 is 24.2 Å². The second-order valence-corrected chi connectivity index (χ2v) is 6.91. The highest BCUT2D eigenvalue weighted by atomic mass is 32.2. The minimum Gasteiger partial charge on any atom is -0.478 e. The molecule has 0 bridgehead atoms. The molecule has 1 aromatic carbocycles. The highest BCUT2D eigenvalue weighted by molar-refractivity contribution is 8.00. The van der Waals surface area contributed by atoms with Crippen LogP contribution in [0.3, 0.4) is 0 Å². The minimum atomic E-state index is -0.888. The van der Waals surface area contributed by atoms with Crippen LogP contribution < -0.4 is 0 Å². The Morgan fingerprint density at radius 3 is 2.83 bits per heavy atom. The summed E-state index contributed by atoms with van der Waals surface area (Å²) < 4.78 is 10.2. The lowest BCUT2D eigenvalue weighted by atomic mass is 10.0. The van der Waals surface area contributed by atoms with Crippen LogP contribution in [-0.2, 0) is 20.7 Å². The molecular formula is C17H18O5S. The lowest BCUT2D eigenvalue weighted by Gasteiger charge is -2.13. The van der Waals surface area contributed by atoms with E-state index < -0.39 is 12.1 Å². The number of thioether (sulfide) groups is 1. The van der Waals surface area contributed by atoms with Gasteiger partial charge in [0.2, 0.25) is 0 Å². The number of hydrogen-bond acceptors (Lipinski definition) is 5. The number of carbonyl (C=O) groups is 2. The van der Waals surface area contributed by atoms with Crippen LogP contribution in [0.1, 0.15) is 18.4 Å². The fourth-order valence-corrected chi connectivity index (χ4v) is 4.30. The molecule has 0 unspecified atom stereocenters. The normalized spacial score (nSPS) is 26.5. The molecule has 2 fully saturated rings. The molecule has 0 radical (unpaired) electrons. The smallest absolute Gasteiger partial charge is 0.478 e. The predicted octanol–water partition coefficient (Wildman–Crippen LogP) is 3.04. The Morgan fingerprint density at radius 1 is 1.30 bits per heavy atom. The molecule has 23 heavy (non-hydrogen) atoms. The third-order valence-corrected chi connectivity index (χ3v) is 5.49. The quantitative estimate of drug-likeness (QED) is 0.637. The Kier molecular flexibility index (Phi) is 4.91. The maximum absolute atomic E-state index is 11.4. The van der Waals surface area contributed by atoms with Crippen molar-refractivity contribution in [2.75, 3.05) is 5.75 Å². The predicted molar refractivity (Wildman–Crippen MR) is 86.5 cm³/mol. The maximum atomic E-state index is 11.4. The van der Waals surface area contributed by atoms with Gasteiger partial charge >= 0.3 is 12.1 Å². The molecule has 1 N–H and O–H groups in total. The SMILES string of the molecule is O=C1O[C@H]2[C@H](CS[C@H]2CCC=C(Cc2ccccc2)C(=O)O)O1. The average molecular weight is 334 g/mol. The highest BCUT2D eigenvalue weighted by Crippen LogP contribution is 2.38. The van der Waals surface area contributed by atoms with E-state index >= 15 is 0 Å². The van der Waals surface area contributed by atoms with E-state index in [2.05, 4.69) is 0 Å². The summed E-state index contributed by atoms with van der Waals surface area (Å²) in [4.78, 5) is 22.5. The van der Waals surface area contributed by atoms with Gasteiger partial charge < -0.3 is 14.6 Å². The summed E-state index contributed by atoms with van der Waals surface area (Å²) in [7, 11) is 0. The fourth-order valence-electron chi connectivity index (χ4n) is 2.88. The Morgan fingerprint density at radius 2 is 2.09 bits per heavy atom. The molecule has 6 heteroatoms. The number of benzene rings is 1. The standard InChI is InChI=1S/C17H18O5S/c18-16(19)12(9-11-5-2-1-3-6-11)7-4-8-14-15-13(10-23-14)21-17(20)22-15/h1-3,5-7,13-15H,4,8-10H2,(H,18,19)/t13-,14-,15-/m0/s1. The van der Waals surface area contributed by atoms with Crippen LogP contribution in [0.25, 0.3) is 0 Å². The molecule has 2 aliphatic heterocycles. The first-order valence-corrected chi connectivity index (χ1v) is 8.63. The molecule has 0 aromatic heterocycles. The van der Waals surface area contributed by atoms with Crippen LogP contribution in [0.15, 0.2) is 42.0 Å². The third kappa shape index (κ3) is 3.88. The number of fused-ring (bicyclic) bond motifs is 1. The van der Waals surface area contributed by atoms with E-state index in [1.165, 1.54) is 0 Å². The molecule has 0 saturated carbocycles. The molecule has 5 nitrogen and oxygen atoms in total. The molecule has 3 atom stereocenters. The molecule has 3 rings (SSSR count). The zero-order chi connectivity index (χ0) is 16.2. The largest absolute Gasteiger partial charge is 0.509 e. The van der Waals surface area contributed by atoms with E-state index in [1.54, 1.807) is 17.8 Å². The van der Waals surface area contributed by atoms with Crippen molar-refractivity contribution in [1.82, 2.24) is 0 Å². The number of carboxylic acid groups (broad SMARTS) is 1. The molecule has 2 saturated heterocycles. The number of ether oxygens (including phenoxy) is 2. The first-order chi connectivity index (χ1) is 11.1. The average Bonchev–Trinajstić information content (AvgIpc) is 3.07. The summed E-state index contributed by atoms with van der Waals surface area (Å²) in [6.45, 7) is 0. The van der Waals surface area contributed by atoms with Gasteiger partial charge in [0.1, 0.15) is 0 Å². The number of aliphatic carboxylic acids is 1. The van der Waals surface area contributed by atoms with Gasteiger partial charge in [0.25, 0.3) is 0 Å². The fraction of sp³-hybridized carbons (Fsp3) is 0.412. The Bertz CT molecular complexity index is 613. The molecule has 0 spiro atoms. The molecule has 2 aliphatic rings. The first kappa shape index (κ1) is 15.9. The van der Waals surface area contributed by atoms with Gasteiger partial charge in [0.15, 0.2) is 12.2 Å². The summed E-state index contributed by atoms with van der Waals surface area (Å²) in [5.41, 5.74) is 1.38. The van der Waals surface area contributed by atoms with Crippen LogP contribution in [0.4, 0.5) is 4.79 Å². The second-order valence-electron chi connectivity index (χ2n) is 5.63. The van der Waals surface area contributed by atoms with E-state index in [0.717, 1.165) is 17.7 Å². The van der Waals surface area contributed by atoms with Crippen molar-refractivity contribution >= 4 is 23.9 Å². The zero-order valence-corrected chi connectivity index (χ0v) is 13.3. The monoisotopic (exact) mass is 334 g/mol. The summed E-state index contributed by atoms with van der Waals surface area (Å²) in [6, 6.07) is 9.55. The van der Waals surface area contributed by atoms with E-state index in [4.69, 9.17) is 9.47 Å². The Labute approximate surface area is 138 Å². The van der Waals surface area contributed by atoms with Crippen molar-refractivity contribution in [3.8, 4) is 0 Å². The van der Waals surface area contributed by atoms with Gasteiger partial charge in [-0.2, -0.15) is 11.8 Å². The summed E-state index contributed by atoms with van der Waals surface area (Å²) >= 11 is 1.72. The number of rotatable bonds is 6. The van der Waals surface area contributed by atoms with Gasteiger partial charge in [-0.15, -0.1) is 0 Å². The molecule has 0 amide bonds. The van der Waals surface area contributed by atoms with E-state index in [0.29, 0.717) is 18.4 Å². The van der Waals surface area contributed by atoms with Gasteiger partial charge in [-0.25, -0.2) is 9.59 Å². The first-order valence-electron chi connectivity index (χ1n) is 7.58. The van der Waals surface area contributed by atoms with Crippen LogP contribution >= 0.6 is 11.8 Å². The lowest BCUT2D eigenvalue weighted by molar-refractivity contribution is -0.132. The summed E-state index contributed by atoms with van der Waals surface area (Å²) in [5, 5.41) is 9.52. The van der Waals surface area contributed by atoms with Crippen molar-refractivity contribution in [1.29, 1.82) is 0 Å². The Balaban J connectivity index is 1.57. The molecule has 122 valence electrons. The van der Waals surface area contributed by atoms with Crippen molar-refractivity contribution in [2.45, 2.75) is 36.7 Å². The van der Waals surface area contributed by atoms with Gasteiger partial charge in [-0.05, 0) is 18.4 Å². The third-order valence-electron chi connectivity index (χ3n) is 4.04. The van der Waals surface area contributed by atoms with Crippen LogP contribution in [-0.4, -0.2) is 40.4 Å². The van der Waals surface area contributed by atoms with Crippen molar-refractivity contribution in [3.63, 3.8) is 0 Å². The van der Waals surface area contributed by atoms with Crippen molar-refractivity contribution in [3.05, 3.63) is 47.5 Å². The number of hydrogen-bond donors (Lipinski definition) is 1. The lowest BCUT2D eigenvalue weighted by Crippen LogP contribution is -2.26. The second kappa shape index (κ2) is 7.08. The number of carbonyl (C=O) groups excluding carboxylic acids is 1. The summed E-state index contributed by atoms with van der Waals surface area (Å²) in [5.74, 6) is -0.137. The maximum Gasteiger partial charge on any atom is 0.509 e. The van der Waals surface area contributed by atoms with E-state index in [9.17, 15) is 14.7 Å². The highest BCUT2D eigenvalue weighted by Gasteiger charge is 2.46. The van der Waals surface area contributed by atoms with Gasteiger partial charge in [-0.1, -0.05) is 36.4 Å². The Hall–Kier alpha value is -1.95. The van der Waals surface area contributed by atoms with Gasteiger partial charge in [0.05, 0.1) is 0 Å². The topological polar surface area (TPSA) is 72.8 Å². The van der Waals surface area contributed by atoms with Crippen molar-refractivity contribution in [2.24, 2.45) is 0 Å². The number of carboxylic acids is 1. The van der Waals surface area contributed by atoms with E-state index in [1.807, 2.05) is 30.3 Å². The van der Waals surface area contributed by atoms with Crippen LogP contribution in [0, 0.1) is 0 Å².